The lowest BCUT2D eigenvalue weighted by atomic mass is 10.1. The topological polar surface area (TPSA) is 17.1 Å². The summed E-state index contributed by atoms with van der Waals surface area (Å²) in [6.45, 7) is 0. The number of carbonyl (C=O) groups is 1. The summed E-state index contributed by atoms with van der Waals surface area (Å²) < 4.78 is 0. The molecule has 0 aromatic heterocycles. The first kappa shape index (κ1) is 8.66. The van der Waals surface area contributed by atoms with Crippen molar-refractivity contribution >= 4 is 24.0 Å². The molecule has 0 N–H and O–H groups in total. The highest BCUT2D eigenvalue weighted by atomic mass is 16.1. The molecule has 15 heavy (non-hydrogen) atoms. The molecule has 0 bridgehead atoms. The summed E-state index contributed by atoms with van der Waals surface area (Å²) in [5.41, 5.74) is 4.39. The third kappa shape index (κ3) is 1.44. The summed E-state index contributed by atoms with van der Waals surface area (Å²) in [5.74, 6) is 0. The van der Waals surface area contributed by atoms with Gasteiger partial charge in [-0.3, -0.25) is 0 Å². The maximum atomic E-state index is 10.2. The van der Waals surface area contributed by atoms with Gasteiger partial charge >= 0.3 is 0 Å². The van der Waals surface area contributed by atoms with Crippen molar-refractivity contribution in [1.29, 1.82) is 0 Å². The Hall–Kier alpha value is -1.63. The third-order valence-corrected chi connectivity index (χ3v) is 3.02. The smallest absolute Gasteiger partial charge is 0.120 e. The standard InChI is InChI=1S/C14H12O/c15-6-2-1-3-10-4-5-13-11(7-10)8-12-9-14(12)13/h3-8H,1-2,9H2. The Kier molecular flexibility index (Phi) is 1.84. The number of hydrogen-bond donors (Lipinski definition) is 0. The van der Waals surface area contributed by atoms with Crippen LogP contribution in [-0.2, 0) is 4.79 Å². The summed E-state index contributed by atoms with van der Waals surface area (Å²) in [5, 5.41) is 2.65. The number of fused-ring (bicyclic) bond motifs is 2. The zero-order chi connectivity index (χ0) is 10.3. The third-order valence-electron chi connectivity index (χ3n) is 3.02. The highest BCUT2D eigenvalue weighted by Gasteiger charge is 2.26. The minimum atomic E-state index is 0.621. The second-order valence-corrected chi connectivity index (χ2v) is 4.12. The van der Waals surface area contributed by atoms with E-state index in [1.54, 1.807) is 0 Å². The van der Waals surface area contributed by atoms with Crippen LogP contribution in [0.1, 0.15) is 24.8 Å². The van der Waals surface area contributed by atoms with Crippen molar-refractivity contribution in [3.8, 4) is 0 Å². The molecule has 1 saturated carbocycles. The Morgan fingerprint density at radius 1 is 1.27 bits per heavy atom. The molecule has 1 aromatic rings. The van der Waals surface area contributed by atoms with Crippen molar-refractivity contribution in [3.63, 3.8) is 0 Å². The average Bonchev–Trinajstić information content (AvgIpc) is 2.91. The van der Waals surface area contributed by atoms with Crippen molar-refractivity contribution in [2.75, 3.05) is 0 Å². The molecule has 0 atom stereocenters. The van der Waals surface area contributed by atoms with Gasteiger partial charge in [0.2, 0.25) is 0 Å². The van der Waals surface area contributed by atoms with Gasteiger partial charge in [-0.15, -0.1) is 0 Å². The molecule has 3 rings (SSSR count). The number of benzene rings is 1. The Labute approximate surface area is 88.4 Å². The molecule has 1 heteroatoms. The van der Waals surface area contributed by atoms with Crippen LogP contribution in [0.2, 0.25) is 0 Å². The lowest BCUT2D eigenvalue weighted by Crippen LogP contribution is -2.10. The van der Waals surface area contributed by atoms with Crippen LogP contribution in [0.5, 0.6) is 0 Å². The van der Waals surface area contributed by atoms with Gasteiger partial charge in [-0.05, 0) is 46.1 Å². The fourth-order valence-electron chi connectivity index (χ4n) is 2.16. The van der Waals surface area contributed by atoms with E-state index in [0.29, 0.717) is 6.42 Å². The number of aldehydes is 1. The van der Waals surface area contributed by atoms with Crippen LogP contribution in [0, 0.1) is 0 Å². The number of carbonyl (C=O) groups excluding carboxylic acids is 1. The SMILES string of the molecule is O=CCCC=c1ccc2c(c1)C=C1CC=21. The maximum absolute atomic E-state index is 10.2. The van der Waals surface area contributed by atoms with Crippen LogP contribution in [0.15, 0.2) is 23.8 Å². The summed E-state index contributed by atoms with van der Waals surface area (Å²) in [7, 11) is 0. The first-order valence-corrected chi connectivity index (χ1v) is 5.36. The Bertz CT molecular complexity index is 576. The van der Waals surface area contributed by atoms with Gasteiger partial charge in [0.1, 0.15) is 6.29 Å². The second kappa shape index (κ2) is 3.20. The summed E-state index contributed by atoms with van der Waals surface area (Å²) in [6.07, 6.45) is 8.03. The molecule has 1 aromatic carbocycles. The molecular weight excluding hydrogens is 184 g/mol. The second-order valence-electron chi connectivity index (χ2n) is 4.12. The Morgan fingerprint density at radius 3 is 3.07 bits per heavy atom. The minimum absolute atomic E-state index is 0.621. The Morgan fingerprint density at radius 2 is 2.20 bits per heavy atom. The van der Waals surface area contributed by atoms with E-state index in [4.69, 9.17) is 0 Å². The van der Waals surface area contributed by atoms with E-state index in [1.807, 2.05) is 0 Å². The van der Waals surface area contributed by atoms with E-state index in [2.05, 4.69) is 30.4 Å². The Balaban J connectivity index is 1.98. The van der Waals surface area contributed by atoms with Crippen LogP contribution < -0.4 is 10.4 Å². The van der Waals surface area contributed by atoms with Gasteiger partial charge in [-0.25, -0.2) is 0 Å². The van der Waals surface area contributed by atoms with Crippen LogP contribution in [0.3, 0.4) is 0 Å². The van der Waals surface area contributed by atoms with Gasteiger partial charge in [0, 0.05) is 6.42 Å². The van der Waals surface area contributed by atoms with Crippen molar-refractivity contribution in [2.45, 2.75) is 19.3 Å². The van der Waals surface area contributed by atoms with Gasteiger partial charge in [0.25, 0.3) is 0 Å². The maximum Gasteiger partial charge on any atom is 0.120 e. The van der Waals surface area contributed by atoms with E-state index in [0.717, 1.165) is 12.7 Å². The fraction of sp³-hybridized carbons (Fsp3) is 0.214. The largest absolute Gasteiger partial charge is 0.303 e. The monoisotopic (exact) mass is 196 g/mol. The van der Waals surface area contributed by atoms with Crippen molar-refractivity contribution in [1.82, 2.24) is 0 Å². The molecule has 0 spiro atoms. The molecule has 0 unspecified atom stereocenters. The van der Waals surface area contributed by atoms with Crippen LogP contribution in [0.25, 0.3) is 17.7 Å². The fourth-order valence-corrected chi connectivity index (χ4v) is 2.16. The molecule has 74 valence electrons. The van der Waals surface area contributed by atoms with E-state index < -0.39 is 0 Å². The average molecular weight is 196 g/mol. The molecule has 0 amide bonds. The zero-order valence-electron chi connectivity index (χ0n) is 8.49. The molecule has 1 fully saturated rings. The first-order valence-electron chi connectivity index (χ1n) is 5.36. The summed E-state index contributed by atoms with van der Waals surface area (Å²) in [6, 6.07) is 6.56. The number of hydrogen-bond acceptors (Lipinski definition) is 1. The molecule has 0 saturated heterocycles. The van der Waals surface area contributed by atoms with Crippen LogP contribution in [0.4, 0.5) is 0 Å². The summed E-state index contributed by atoms with van der Waals surface area (Å²) in [4.78, 5) is 10.2. The predicted octanol–water partition coefficient (Wildman–Crippen LogP) is 1.40. The highest BCUT2D eigenvalue weighted by molar-refractivity contribution is 5.95. The molecule has 1 nitrogen and oxygen atoms in total. The predicted molar refractivity (Wildman–Crippen MR) is 61.5 cm³/mol. The van der Waals surface area contributed by atoms with Crippen LogP contribution in [-0.4, -0.2) is 6.29 Å². The molecule has 0 aliphatic heterocycles. The van der Waals surface area contributed by atoms with Crippen molar-refractivity contribution in [2.24, 2.45) is 0 Å². The van der Waals surface area contributed by atoms with Crippen molar-refractivity contribution in [3.05, 3.63) is 39.8 Å². The normalized spacial score (nSPS) is 17.2. The first-order chi connectivity index (χ1) is 7.38. The lowest BCUT2D eigenvalue weighted by Gasteiger charge is -1.93. The van der Waals surface area contributed by atoms with E-state index in [-0.39, 0.29) is 0 Å². The molecule has 0 heterocycles. The van der Waals surface area contributed by atoms with Crippen LogP contribution >= 0.6 is 0 Å². The number of allylic oxidation sites excluding steroid dienone is 1. The van der Waals surface area contributed by atoms with E-state index >= 15 is 0 Å². The van der Waals surface area contributed by atoms with E-state index in [9.17, 15) is 4.79 Å². The van der Waals surface area contributed by atoms with Gasteiger partial charge in [-0.2, -0.15) is 0 Å². The van der Waals surface area contributed by atoms with Gasteiger partial charge in [-0.1, -0.05) is 24.3 Å². The lowest BCUT2D eigenvalue weighted by molar-refractivity contribution is -0.107. The van der Waals surface area contributed by atoms with Gasteiger partial charge in [0.05, 0.1) is 0 Å². The minimum Gasteiger partial charge on any atom is -0.303 e. The molecule has 2 aliphatic carbocycles. The number of rotatable bonds is 3. The summed E-state index contributed by atoms with van der Waals surface area (Å²) >= 11 is 0. The van der Waals surface area contributed by atoms with Gasteiger partial charge in [0.15, 0.2) is 0 Å². The molecule has 0 radical (unpaired) electrons. The quantitative estimate of drug-likeness (QED) is 0.527. The highest BCUT2D eigenvalue weighted by Crippen LogP contribution is 2.41. The molecule has 2 aliphatic rings. The molecular formula is C14H12O. The van der Waals surface area contributed by atoms with E-state index in [1.165, 1.54) is 33.6 Å². The zero-order valence-corrected chi connectivity index (χ0v) is 8.49. The van der Waals surface area contributed by atoms with Crippen molar-refractivity contribution < 1.29 is 4.79 Å². The number of unbranched alkanes of at least 4 members (excludes halogenated alkanes) is 1. The van der Waals surface area contributed by atoms with Gasteiger partial charge < -0.3 is 4.79 Å².